The molecule has 1 saturated heterocycles. The summed E-state index contributed by atoms with van der Waals surface area (Å²) >= 11 is 0. The largest absolute Gasteiger partial charge is 0.383 e. The minimum atomic E-state index is 0. The van der Waals surface area contributed by atoms with E-state index in [4.69, 9.17) is 4.74 Å². The van der Waals surface area contributed by atoms with Crippen LogP contribution in [-0.4, -0.2) is 64.3 Å². The van der Waals surface area contributed by atoms with E-state index in [9.17, 15) is 4.79 Å². The molecule has 1 heterocycles. The lowest BCUT2D eigenvalue weighted by atomic mass is 9.99. The van der Waals surface area contributed by atoms with Crippen LogP contribution < -0.4 is 10.6 Å². The number of methoxy groups -OCH3 is 1. The van der Waals surface area contributed by atoms with Crippen molar-refractivity contribution in [3.8, 4) is 0 Å². The van der Waals surface area contributed by atoms with Gasteiger partial charge in [-0.25, -0.2) is 0 Å². The van der Waals surface area contributed by atoms with Gasteiger partial charge in [0.25, 0.3) is 0 Å². The van der Waals surface area contributed by atoms with Crippen LogP contribution in [0.1, 0.15) is 12.8 Å². The zero-order chi connectivity index (χ0) is 12.5. The van der Waals surface area contributed by atoms with Crippen LogP contribution in [0.5, 0.6) is 0 Å². The summed E-state index contributed by atoms with van der Waals surface area (Å²) in [6, 6.07) is 0. The van der Waals surface area contributed by atoms with Gasteiger partial charge in [-0.2, -0.15) is 0 Å². The van der Waals surface area contributed by atoms with E-state index in [2.05, 4.69) is 15.5 Å². The number of amides is 1. The zero-order valence-corrected chi connectivity index (χ0v) is 13.4. The highest BCUT2D eigenvalue weighted by molar-refractivity contribution is 5.85. The lowest BCUT2D eigenvalue weighted by Gasteiger charge is -2.22. The molecule has 0 aromatic rings. The second kappa shape index (κ2) is 12.9. The third kappa shape index (κ3) is 9.46. The Labute approximate surface area is 128 Å². The van der Waals surface area contributed by atoms with Gasteiger partial charge in [0.1, 0.15) is 0 Å². The van der Waals surface area contributed by atoms with Crippen molar-refractivity contribution in [3.63, 3.8) is 0 Å². The molecule has 1 rings (SSSR count). The second-order valence-electron chi connectivity index (χ2n) is 4.63. The van der Waals surface area contributed by atoms with Crippen molar-refractivity contribution >= 4 is 30.7 Å². The summed E-state index contributed by atoms with van der Waals surface area (Å²) in [5.41, 5.74) is 0. The maximum absolute atomic E-state index is 11.8. The van der Waals surface area contributed by atoms with Crippen molar-refractivity contribution in [2.75, 3.05) is 53.5 Å². The number of hydrogen-bond acceptors (Lipinski definition) is 4. The predicted molar refractivity (Wildman–Crippen MR) is 82.5 cm³/mol. The highest BCUT2D eigenvalue weighted by atomic mass is 35.5. The standard InChI is InChI=1S/C12H25N3O2.2ClH/c1-15(8-9-17-2)7-6-14-12(16)11-4-3-5-13-10-11;;/h11,13H,3-10H2,1-2H3,(H,14,16);2*1H. The summed E-state index contributed by atoms with van der Waals surface area (Å²) in [5, 5.41) is 6.25. The molecule has 0 aliphatic carbocycles. The normalized spacial score (nSPS) is 18.4. The van der Waals surface area contributed by atoms with E-state index in [1.807, 2.05) is 7.05 Å². The Balaban J connectivity index is 0. The molecule has 116 valence electrons. The maximum atomic E-state index is 11.8. The summed E-state index contributed by atoms with van der Waals surface area (Å²) in [6.45, 7) is 5.09. The van der Waals surface area contributed by atoms with E-state index >= 15 is 0 Å². The Bertz CT molecular complexity index is 227. The molecule has 1 unspecified atom stereocenters. The molecule has 1 amide bonds. The first-order valence-electron chi connectivity index (χ1n) is 6.40. The van der Waals surface area contributed by atoms with Gasteiger partial charge in [-0.1, -0.05) is 0 Å². The van der Waals surface area contributed by atoms with E-state index in [0.717, 1.165) is 52.2 Å². The van der Waals surface area contributed by atoms with Gasteiger partial charge in [0.2, 0.25) is 5.91 Å². The molecular weight excluding hydrogens is 289 g/mol. The summed E-state index contributed by atoms with van der Waals surface area (Å²) in [7, 11) is 3.74. The van der Waals surface area contributed by atoms with E-state index in [1.54, 1.807) is 7.11 Å². The topological polar surface area (TPSA) is 53.6 Å². The van der Waals surface area contributed by atoms with Gasteiger partial charge in [0, 0.05) is 33.3 Å². The van der Waals surface area contributed by atoms with Crippen LogP contribution in [0.2, 0.25) is 0 Å². The molecule has 0 aromatic heterocycles. The van der Waals surface area contributed by atoms with Crippen LogP contribution in [0, 0.1) is 5.92 Å². The second-order valence-corrected chi connectivity index (χ2v) is 4.63. The first-order valence-corrected chi connectivity index (χ1v) is 6.40. The Morgan fingerprint density at radius 2 is 2.16 bits per heavy atom. The monoisotopic (exact) mass is 315 g/mol. The predicted octanol–water partition coefficient (Wildman–Crippen LogP) is 0.524. The van der Waals surface area contributed by atoms with E-state index in [-0.39, 0.29) is 36.6 Å². The quantitative estimate of drug-likeness (QED) is 0.719. The molecule has 1 aliphatic rings. The first-order chi connectivity index (χ1) is 8.24. The molecular formula is C12H27Cl2N3O2. The van der Waals surface area contributed by atoms with Crippen molar-refractivity contribution in [2.24, 2.45) is 5.92 Å². The van der Waals surface area contributed by atoms with Crippen LogP contribution in [0.3, 0.4) is 0 Å². The van der Waals surface area contributed by atoms with E-state index in [1.165, 1.54) is 0 Å². The average molecular weight is 316 g/mol. The van der Waals surface area contributed by atoms with Crippen LogP contribution >= 0.6 is 24.8 Å². The molecule has 0 bridgehead atoms. The van der Waals surface area contributed by atoms with Crippen LogP contribution in [0.25, 0.3) is 0 Å². The minimum Gasteiger partial charge on any atom is -0.383 e. The molecule has 0 saturated carbocycles. The lowest BCUT2D eigenvalue weighted by molar-refractivity contribution is -0.125. The fourth-order valence-electron chi connectivity index (χ4n) is 1.95. The van der Waals surface area contributed by atoms with Crippen molar-refractivity contribution in [1.29, 1.82) is 0 Å². The highest BCUT2D eigenvalue weighted by Crippen LogP contribution is 2.09. The highest BCUT2D eigenvalue weighted by Gasteiger charge is 2.20. The molecule has 0 spiro atoms. The van der Waals surface area contributed by atoms with Crippen molar-refractivity contribution in [1.82, 2.24) is 15.5 Å². The number of carbonyl (C=O) groups excluding carboxylic acids is 1. The van der Waals surface area contributed by atoms with Crippen LogP contribution in [-0.2, 0) is 9.53 Å². The first kappa shape index (κ1) is 21.2. The number of halogens is 2. The lowest BCUT2D eigenvalue weighted by Crippen LogP contribution is -2.42. The van der Waals surface area contributed by atoms with Crippen LogP contribution in [0.4, 0.5) is 0 Å². The van der Waals surface area contributed by atoms with Crippen molar-refractivity contribution < 1.29 is 9.53 Å². The zero-order valence-electron chi connectivity index (χ0n) is 11.8. The third-order valence-electron chi connectivity index (χ3n) is 3.14. The van der Waals surface area contributed by atoms with Gasteiger partial charge in [0.05, 0.1) is 12.5 Å². The number of ether oxygens (including phenoxy) is 1. The number of nitrogens with one attached hydrogen (secondary N) is 2. The molecule has 19 heavy (non-hydrogen) atoms. The Hall–Kier alpha value is -0.0700. The number of piperidine rings is 1. The molecule has 7 heteroatoms. The van der Waals surface area contributed by atoms with Gasteiger partial charge < -0.3 is 20.3 Å². The SMILES string of the molecule is COCCN(C)CCNC(=O)C1CCCNC1.Cl.Cl. The van der Waals surface area contributed by atoms with Gasteiger partial charge in [-0.15, -0.1) is 24.8 Å². The van der Waals surface area contributed by atoms with E-state index < -0.39 is 0 Å². The number of rotatable bonds is 7. The summed E-state index contributed by atoms with van der Waals surface area (Å²) in [6.07, 6.45) is 2.12. The Morgan fingerprint density at radius 3 is 2.74 bits per heavy atom. The molecule has 1 aliphatic heterocycles. The van der Waals surface area contributed by atoms with E-state index in [0.29, 0.717) is 0 Å². The van der Waals surface area contributed by atoms with Gasteiger partial charge in [-0.3, -0.25) is 4.79 Å². The number of nitrogens with zero attached hydrogens (tertiary/aromatic N) is 1. The molecule has 0 aromatic carbocycles. The number of carbonyl (C=O) groups is 1. The van der Waals surface area contributed by atoms with Crippen LogP contribution in [0.15, 0.2) is 0 Å². The van der Waals surface area contributed by atoms with Crippen molar-refractivity contribution in [2.45, 2.75) is 12.8 Å². The Morgan fingerprint density at radius 1 is 1.42 bits per heavy atom. The smallest absolute Gasteiger partial charge is 0.224 e. The summed E-state index contributed by atoms with van der Waals surface area (Å²) in [5.74, 6) is 0.352. The molecule has 5 nitrogen and oxygen atoms in total. The summed E-state index contributed by atoms with van der Waals surface area (Å²) in [4.78, 5) is 14.0. The third-order valence-corrected chi connectivity index (χ3v) is 3.14. The minimum absolute atomic E-state index is 0. The fourth-order valence-corrected chi connectivity index (χ4v) is 1.95. The molecule has 0 radical (unpaired) electrons. The maximum Gasteiger partial charge on any atom is 0.224 e. The van der Waals surface area contributed by atoms with Gasteiger partial charge in [0.15, 0.2) is 0 Å². The van der Waals surface area contributed by atoms with Gasteiger partial charge >= 0.3 is 0 Å². The fraction of sp³-hybridized carbons (Fsp3) is 0.917. The number of hydrogen-bond donors (Lipinski definition) is 2. The number of likely N-dealkylation sites (N-methyl/N-ethyl adjacent to an activating group) is 1. The molecule has 1 atom stereocenters. The summed E-state index contributed by atoms with van der Waals surface area (Å²) < 4.78 is 5.00. The average Bonchev–Trinajstić information content (AvgIpc) is 2.37. The Kier molecular flexibility index (Phi) is 14.5. The molecule has 2 N–H and O–H groups in total. The van der Waals surface area contributed by atoms with Crippen molar-refractivity contribution in [3.05, 3.63) is 0 Å². The molecule has 1 fully saturated rings. The van der Waals surface area contributed by atoms with Gasteiger partial charge in [-0.05, 0) is 26.4 Å².